The first kappa shape index (κ1) is 15.3. The van der Waals surface area contributed by atoms with Gasteiger partial charge in [0.25, 0.3) is 0 Å². The maximum Gasteiger partial charge on any atom is 0.240 e. The lowest BCUT2D eigenvalue weighted by Gasteiger charge is -2.21. The number of hydrogen-bond donors (Lipinski definition) is 2. The summed E-state index contributed by atoms with van der Waals surface area (Å²) in [4.78, 5) is 2.98. The van der Waals surface area contributed by atoms with Crippen LogP contribution in [-0.2, 0) is 16.6 Å². The second-order valence-electron chi connectivity index (χ2n) is 4.36. The van der Waals surface area contributed by atoms with Gasteiger partial charge in [0.05, 0.1) is 12.2 Å². The highest BCUT2D eigenvalue weighted by atomic mass is 79.9. The highest BCUT2D eigenvalue weighted by Gasteiger charge is 2.17. The Morgan fingerprint density at radius 2 is 2.05 bits per heavy atom. The first-order valence-electron chi connectivity index (χ1n) is 5.64. The minimum absolute atomic E-state index is 0.0376. The van der Waals surface area contributed by atoms with Gasteiger partial charge in [-0.1, -0.05) is 0 Å². The van der Waals surface area contributed by atoms with E-state index in [2.05, 4.69) is 15.9 Å². The van der Waals surface area contributed by atoms with Gasteiger partial charge in [0.15, 0.2) is 0 Å². The quantitative estimate of drug-likeness (QED) is 0.802. The van der Waals surface area contributed by atoms with E-state index in [9.17, 15) is 8.42 Å². The number of benzene rings is 1. The monoisotopic (exact) mass is 375 g/mol. The molecular formula is C12H14BrN3O2S2. The molecule has 0 radical (unpaired) electrons. The van der Waals surface area contributed by atoms with Crippen LogP contribution in [0.4, 0.5) is 11.4 Å². The van der Waals surface area contributed by atoms with E-state index in [0.29, 0.717) is 17.9 Å². The Morgan fingerprint density at radius 3 is 2.60 bits per heavy atom. The Kier molecular flexibility index (Phi) is 4.38. The van der Waals surface area contributed by atoms with E-state index >= 15 is 0 Å². The van der Waals surface area contributed by atoms with Gasteiger partial charge in [-0.3, -0.25) is 0 Å². The first-order valence-corrected chi connectivity index (χ1v) is 8.85. The number of rotatable bonds is 4. The van der Waals surface area contributed by atoms with Crippen molar-refractivity contribution in [1.29, 1.82) is 0 Å². The molecule has 0 fully saturated rings. The van der Waals surface area contributed by atoms with Crippen LogP contribution >= 0.6 is 27.3 Å². The molecule has 0 saturated carbocycles. The second-order valence-corrected chi connectivity index (χ2v) is 7.80. The van der Waals surface area contributed by atoms with E-state index in [-0.39, 0.29) is 4.90 Å². The average molecular weight is 376 g/mol. The number of anilines is 2. The van der Waals surface area contributed by atoms with Gasteiger partial charge in [0.2, 0.25) is 10.0 Å². The molecule has 2 aromatic rings. The fourth-order valence-corrected chi connectivity index (χ4v) is 4.15. The van der Waals surface area contributed by atoms with Crippen LogP contribution in [0.15, 0.2) is 39.0 Å². The lowest BCUT2D eigenvalue weighted by Crippen LogP contribution is -2.21. The molecule has 0 bridgehead atoms. The summed E-state index contributed by atoms with van der Waals surface area (Å²) >= 11 is 4.99. The predicted molar refractivity (Wildman–Crippen MR) is 86.4 cm³/mol. The molecule has 0 aliphatic carbocycles. The van der Waals surface area contributed by atoms with E-state index in [0.717, 1.165) is 9.35 Å². The van der Waals surface area contributed by atoms with Crippen molar-refractivity contribution in [2.45, 2.75) is 11.4 Å². The van der Waals surface area contributed by atoms with Crippen LogP contribution in [-0.4, -0.2) is 15.5 Å². The van der Waals surface area contributed by atoms with Crippen LogP contribution in [0.1, 0.15) is 4.88 Å². The molecule has 108 valence electrons. The predicted octanol–water partition coefficient (Wildman–Crippen LogP) is 2.38. The average Bonchev–Trinajstić information content (AvgIpc) is 2.73. The summed E-state index contributed by atoms with van der Waals surface area (Å²) in [5, 5.41) is 7.23. The molecule has 4 N–H and O–H groups in total. The number of hydrogen-bond acceptors (Lipinski definition) is 5. The molecule has 1 heterocycles. The Bertz CT molecular complexity index is 728. The summed E-state index contributed by atoms with van der Waals surface area (Å²) in [6.45, 7) is 0.586. The van der Waals surface area contributed by atoms with Crippen molar-refractivity contribution in [2.24, 2.45) is 5.14 Å². The van der Waals surface area contributed by atoms with Crippen LogP contribution in [0.2, 0.25) is 0 Å². The van der Waals surface area contributed by atoms with E-state index < -0.39 is 10.0 Å². The smallest absolute Gasteiger partial charge is 0.240 e. The molecule has 0 saturated heterocycles. The van der Waals surface area contributed by atoms with Crippen LogP contribution < -0.4 is 15.8 Å². The lowest BCUT2D eigenvalue weighted by molar-refractivity contribution is 0.597. The molecule has 0 aliphatic rings. The Morgan fingerprint density at radius 1 is 1.35 bits per heavy atom. The molecule has 5 nitrogen and oxygen atoms in total. The van der Waals surface area contributed by atoms with Crippen LogP contribution in [0.3, 0.4) is 0 Å². The molecular weight excluding hydrogens is 362 g/mol. The van der Waals surface area contributed by atoms with Crippen molar-refractivity contribution in [1.82, 2.24) is 0 Å². The van der Waals surface area contributed by atoms with Gasteiger partial charge < -0.3 is 10.6 Å². The van der Waals surface area contributed by atoms with E-state index in [1.54, 1.807) is 23.5 Å². The fourth-order valence-electron chi connectivity index (χ4n) is 1.83. The van der Waals surface area contributed by atoms with Gasteiger partial charge in [-0.25, -0.2) is 13.6 Å². The summed E-state index contributed by atoms with van der Waals surface area (Å²) in [7, 11) is -2.00. The Balaban J connectivity index is 2.37. The number of nitrogen functional groups attached to an aromatic ring is 1. The van der Waals surface area contributed by atoms with Gasteiger partial charge in [0.1, 0.15) is 4.90 Å². The number of sulfonamides is 1. The Hall–Kier alpha value is -1.09. The number of nitrogens with two attached hydrogens (primary N) is 2. The van der Waals surface area contributed by atoms with E-state index in [1.165, 1.54) is 6.07 Å². The van der Waals surface area contributed by atoms with Crippen molar-refractivity contribution in [3.63, 3.8) is 0 Å². The third-order valence-electron chi connectivity index (χ3n) is 2.72. The molecule has 0 atom stereocenters. The SMILES string of the molecule is CN(Cc1cc(Br)cs1)c1ccc(N)cc1S(N)(=O)=O. The van der Waals surface area contributed by atoms with E-state index in [1.807, 2.05) is 23.4 Å². The van der Waals surface area contributed by atoms with Gasteiger partial charge in [-0.05, 0) is 40.2 Å². The molecule has 20 heavy (non-hydrogen) atoms. The standard InChI is InChI=1S/C12H14BrN3O2S2/c1-16(6-10-4-8(13)7-19-10)11-3-2-9(14)5-12(11)20(15,17)18/h2-5,7H,6,14H2,1H3,(H2,15,17,18). The van der Waals surface area contributed by atoms with Crippen molar-refractivity contribution >= 4 is 48.7 Å². The number of thiophene rings is 1. The van der Waals surface area contributed by atoms with E-state index in [4.69, 9.17) is 10.9 Å². The summed E-state index contributed by atoms with van der Waals surface area (Å²) in [6, 6.07) is 6.70. The largest absolute Gasteiger partial charge is 0.399 e. The molecule has 0 amide bonds. The fraction of sp³-hybridized carbons (Fsp3) is 0.167. The minimum Gasteiger partial charge on any atom is -0.399 e. The molecule has 1 aromatic carbocycles. The summed E-state index contributed by atoms with van der Waals surface area (Å²) in [5.74, 6) is 0. The van der Waals surface area contributed by atoms with Crippen LogP contribution in [0.5, 0.6) is 0 Å². The highest BCUT2D eigenvalue weighted by molar-refractivity contribution is 9.10. The summed E-state index contributed by atoms with van der Waals surface area (Å²) in [6.07, 6.45) is 0. The zero-order valence-electron chi connectivity index (χ0n) is 10.7. The normalized spacial score (nSPS) is 11.6. The minimum atomic E-state index is -3.82. The molecule has 1 aromatic heterocycles. The molecule has 2 rings (SSSR count). The van der Waals surface area contributed by atoms with Crippen molar-refractivity contribution in [3.05, 3.63) is 39.0 Å². The third kappa shape index (κ3) is 3.51. The van der Waals surface area contributed by atoms with Crippen molar-refractivity contribution in [2.75, 3.05) is 17.7 Å². The van der Waals surface area contributed by atoms with Gasteiger partial charge in [-0.15, -0.1) is 11.3 Å². The molecule has 0 aliphatic heterocycles. The first-order chi connectivity index (χ1) is 9.27. The molecule has 0 unspecified atom stereocenters. The number of halogens is 1. The van der Waals surface area contributed by atoms with Crippen molar-refractivity contribution < 1.29 is 8.42 Å². The van der Waals surface area contributed by atoms with Gasteiger partial charge in [0, 0.05) is 27.5 Å². The van der Waals surface area contributed by atoms with Crippen molar-refractivity contribution in [3.8, 4) is 0 Å². The molecule has 8 heteroatoms. The van der Waals surface area contributed by atoms with Gasteiger partial charge >= 0.3 is 0 Å². The van der Waals surface area contributed by atoms with Crippen LogP contribution in [0, 0.1) is 0 Å². The Labute approximate surface area is 130 Å². The maximum atomic E-state index is 11.7. The maximum absolute atomic E-state index is 11.7. The summed E-state index contributed by atoms with van der Waals surface area (Å²) < 4.78 is 24.3. The van der Waals surface area contributed by atoms with Gasteiger partial charge in [-0.2, -0.15) is 0 Å². The van der Waals surface area contributed by atoms with Crippen LogP contribution in [0.25, 0.3) is 0 Å². The highest BCUT2D eigenvalue weighted by Crippen LogP contribution is 2.28. The lowest BCUT2D eigenvalue weighted by atomic mass is 10.2. The second kappa shape index (κ2) is 5.72. The number of primary sulfonamides is 1. The zero-order valence-corrected chi connectivity index (χ0v) is 13.9. The molecule has 0 spiro atoms. The number of nitrogens with zero attached hydrogens (tertiary/aromatic N) is 1. The zero-order chi connectivity index (χ0) is 14.9. The topological polar surface area (TPSA) is 89.4 Å². The third-order valence-corrected chi connectivity index (χ3v) is 5.34. The summed E-state index contributed by atoms with van der Waals surface area (Å²) in [5.41, 5.74) is 6.54.